The lowest BCUT2D eigenvalue weighted by molar-refractivity contribution is -0.108. The molecule has 2 amide bonds. The molecular formula is C18H20N2O3S. The summed E-state index contributed by atoms with van der Waals surface area (Å²) in [6.45, 7) is 3.91. The summed E-state index contributed by atoms with van der Waals surface area (Å²) in [5.74, 6) is 0.774. The van der Waals surface area contributed by atoms with Crippen LogP contribution in [-0.2, 0) is 11.2 Å². The van der Waals surface area contributed by atoms with Crippen molar-refractivity contribution in [3.8, 4) is 5.75 Å². The van der Waals surface area contributed by atoms with Crippen LogP contribution in [0.3, 0.4) is 0 Å². The lowest BCUT2D eigenvalue weighted by Gasteiger charge is -2.15. The fraction of sp³-hybridized carbons (Fsp3) is 0.278. The number of rotatable bonds is 7. The van der Waals surface area contributed by atoms with Gasteiger partial charge in [0.15, 0.2) is 0 Å². The first kappa shape index (κ1) is 18.0. The Balaban J connectivity index is 1.88. The van der Waals surface area contributed by atoms with E-state index in [4.69, 9.17) is 4.74 Å². The number of carbonyl (C=O) groups is 2. The highest BCUT2D eigenvalue weighted by molar-refractivity contribution is 8.14. The quantitative estimate of drug-likeness (QED) is 0.775. The van der Waals surface area contributed by atoms with Gasteiger partial charge in [-0.05, 0) is 43.2 Å². The molecule has 1 N–H and O–H groups in total. The van der Waals surface area contributed by atoms with E-state index in [0.717, 1.165) is 35.2 Å². The number of benzene rings is 1. The number of ether oxygens (including phenoxy) is 1. The molecule has 0 aliphatic heterocycles. The van der Waals surface area contributed by atoms with Crippen molar-refractivity contribution in [2.24, 2.45) is 0 Å². The van der Waals surface area contributed by atoms with Gasteiger partial charge in [0.2, 0.25) is 6.41 Å². The molecule has 0 aliphatic rings. The van der Waals surface area contributed by atoms with Crippen molar-refractivity contribution in [3.63, 3.8) is 0 Å². The number of pyridine rings is 1. The molecule has 2 rings (SSSR count). The first-order chi connectivity index (χ1) is 11.6. The Morgan fingerprint density at radius 3 is 2.62 bits per heavy atom. The van der Waals surface area contributed by atoms with Crippen molar-refractivity contribution in [2.45, 2.75) is 31.6 Å². The van der Waals surface area contributed by atoms with E-state index in [2.05, 4.69) is 10.3 Å². The maximum Gasteiger partial charge on any atom is 0.285 e. The van der Waals surface area contributed by atoms with Gasteiger partial charge in [-0.3, -0.25) is 19.9 Å². The summed E-state index contributed by atoms with van der Waals surface area (Å²) in [6.07, 6.45) is 2.75. The zero-order chi connectivity index (χ0) is 17.4. The van der Waals surface area contributed by atoms with E-state index in [9.17, 15) is 9.59 Å². The van der Waals surface area contributed by atoms with Gasteiger partial charge in [0, 0.05) is 11.4 Å². The SMILES string of the molecule is CC(Cc1ccc(OC(C)c2ccccn2)cc1)SC(=O)NC=O. The van der Waals surface area contributed by atoms with Crippen LogP contribution in [0.25, 0.3) is 0 Å². The third-order valence-corrected chi connectivity index (χ3v) is 4.25. The second-order valence-electron chi connectivity index (χ2n) is 5.34. The van der Waals surface area contributed by atoms with Crippen LogP contribution in [0, 0.1) is 0 Å². The summed E-state index contributed by atoms with van der Waals surface area (Å²) in [5.41, 5.74) is 1.99. The van der Waals surface area contributed by atoms with Crippen molar-refractivity contribution < 1.29 is 14.3 Å². The molecular weight excluding hydrogens is 324 g/mol. The molecule has 1 heterocycles. The molecule has 0 fully saturated rings. The van der Waals surface area contributed by atoms with Crippen LogP contribution < -0.4 is 10.1 Å². The first-order valence-corrected chi connectivity index (χ1v) is 8.53. The number of nitrogens with zero attached hydrogens (tertiary/aromatic N) is 1. The van der Waals surface area contributed by atoms with Crippen LogP contribution in [0.1, 0.15) is 31.2 Å². The van der Waals surface area contributed by atoms with E-state index in [1.54, 1.807) is 6.20 Å². The second kappa shape index (κ2) is 9.08. The first-order valence-electron chi connectivity index (χ1n) is 7.66. The molecule has 0 bridgehead atoms. The third-order valence-electron chi connectivity index (χ3n) is 3.35. The van der Waals surface area contributed by atoms with Gasteiger partial charge < -0.3 is 4.74 Å². The van der Waals surface area contributed by atoms with Crippen molar-refractivity contribution in [2.75, 3.05) is 0 Å². The minimum atomic E-state index is -0.332. The minimum absolute atomic E-state index is 0.0733. The number of aromatic nitrogens is 1. The Morgan fingerprint density at radius 1 is 1.25 bits per heavy atom. The average molecular weight is 344 g/mol. The molecule has 2 unspecified atom stereocenters. The number of hydrogen-bond acceptors (Lipinski definition) is 5. The number of carbonyl (C=O) groups excluding carboxylic acids is 2. The smallest absolute Gasteiger partial charge is 0.285 e. The molecule has 24 heavy (non-hydrogen) atoms. The van der Waals surface area contributed by atoms with E-state index >= 15 is 0 Å². The number of amides is 2. The monoisotopic (exact) mass is 344 g/mol. The van der Waals surface area contributed by atoms with Crippen molar-refractivity contribution >= 4 is 23.4 Å². The highest BCUT2D eigenvalue weighted by Crippen LogP contribution is 2.22. The molecule has 0 spiro atoms. The Kier molecular flexibility index (Phi) is 6.81. The average Bonchev–Trinajstić information content (AvgIpc) is 2.57. The minimum Gasteiger partial charge on any atom is -0.484 e. The topological polar surface area (TPSA) is 68.3 Å². The van der Waals surface area contributed by atoms with Gasteiger partial charge in [-0.25, -0.2) is 0 Å². The summed E-state index contributed by atoms with van der Waals surface area (Å²) >= 11 is 1.11. The van der Waals surface area contributed by atoms with Gasteiger partial charge in [0.25, 0.3) is 5.24 Å². The number of thioether (sulfide) groups is 1. The van der Waals surface area contributed by atoms with Gasteiger partial charge in [0.05, 0.1) is 5.69 Å². The lowest BCUT2D eigenvalue weighted by atomic mass is 10.1. The Labute approximate surface area is 145 Å². The molecule has 0 aliphatic carbocycles. The Morgan fingerprint density at radius 2 is 2.00 bits per heavy atom. The second-order valence-corrected chi connectivity index (χ2v) is 6.75. The summed E-state index contributed by atoms with van der Waals surface area (Å²) in [7, 11) is 0. The van der Waals surface area contributed by atoms with Gasteiger partial charge >= 0.3 is 0 Å². The number of hydrogen-bond donors (Lipinski definition) is 1. The van der Waals surface area contributed by atoms with Crippen molar-refractivity contribution in [1.29, 1.82) is 0 Å². The van der Waals surface area contributed by atoms with Crippen molar-refractivity contribution in [3.05, 3.63) is 59.9 Å². The van der Waals surface area contributed by atoms with Crippen LogP contribution in [0.5, 0.6) is 5.75 Å². The van der Waals surface area contributed by atoms with E-state index in [0.29, 0.717) is 6.41 Å². The normalized spacial score (nSPS) is 12.9. The summed E-state index contributed by atoms with van der Waals surface area (Å²) < 4.78 is 5.89. The van der Waals surface area contributed by atoms with Gasteiger partial charge in [-0.15, -0.1) is 0 Å². The molecule has 0 saturated heterocycles. The van der Waals surface area contributed by atoms with Crippen LogP contribution in [-0.4, -0.2) is 21.9 Å². The molecule has 5 nitrogen and oxygen atoms in total. The molecule has 2 atom stereocenters. The van der Waals surface area contributed by atoms with Crippen molar-refractivity contribution in [1.82, 2.24) is 10.3 Å². The molecule has 1 aromatic heterocycles. The van der Waals surface area contributed by atoms with E-state index in [1.165, 1.54) is 0 Å². The van der Waals surface area contributed by atoms with Gasteiger partial charge in [-0.2, -0.15) is 0 Å². The molecule has 6 heteroatoms. The molecule has 0 radical (unpaired) electrons. The van der Waals surface area contributed by atoms with Gasteiger partial charge in [0.1, 0.15) is 11.9 Å². The predicted octanol–water partition coefficient (Wildman–Crippen LogP) is 3.75. The highest BCUT2D eigenvalue weighted by Gasteiger charge is 2.11. The fourth-order valence-electron chi connectivity index (χ4n) is 2.22. The maximum absolute atomic E-state index is 11.3. The van der Waals surface area contributed by atoms with E-state index < -0.39 is 0 Å². The van der Waals surface area contributed by atoms with Crippen LogP contribution in [0.2, 0.25) is 0 Å². The Bertz CT molecular complexity index is 662. The molecule has 126 valence electrons. The Hall–Kier alpha value is -2.34. The number of imide groups is 1. The molecule has 1 aromatic carbocycles. The zero-order valence-corrected chi connectivity index (χ0v) is 14.5. The van der Waals surface area contributed by atoms with Crippen LogP contribution in [0.15, 0.2) is 48.7 Å². The molecule has 0 saturated carbocycles. The molecule has 2 aromatic rings. The third kappa shape index (κ3) is 5.70. The number of nitrogens with one attached hydrogen (secondary N) is 1. The summed E-state index contributed by atoms with van der Waals surface area (Å²) in [4.78, 5) is 25.9. The summed E-state index contributed by atoms with van der Waals surface area (Å²) in [6, 6.07) is 13.5. The zero-order valence-electron chi connectivity index (χ0n) is 13.6. The predicted molar refractivity (Wildman–Crippen MR) is 95.1 cm³/mol. The van der Waals surface area contributed by atoms with Crippen LogP contribution in [0.4, 0.5) is 4.79 Å². The highest BCUT2D eigenvalue weighted by atomic mass is 32.2. The maximum atomic E-state index is 11.3. The van der Waals surface area contributed by atoms with E-state index in [1.807, 2.05) is 56.3 Å². The van der Waals surface area contributed by atoms with Crippen LogP contribution >= 0.6 is 11.8 Å². The lowest BCUT2D eigenvalue weighted by Crippen LogP contribution is -2.19. The largest absolute Gasteiger partial charge is 0.484 e. The fourth-order valence-corrected chi connectivity index (χ4v) is 2.98. The standard InChI is InChI=1S/C18H20N2O3S/c1-13(24-18(22)20-12-21)11-15-6-8-16(9-7-15)23-14(2)17-5-3-4-10-19-17/h3-10,12-14H,11H2,1-2H3,(H,20,21,22). The van der Waals surface area contributed by atoms with E-state index in [-0.39, 0.29) is 16.6 Å². The van der Waals surface area contributed by atoms with Gasteiger partial charge in [-0.1, -0.05) is 36.9 Å². The summed E-state index contributed by atoms with van der Waals surface area (Å²) in [5, 5.41) is 1.87.